The molecule has 0 unspecified atom stereocenters. The molecule has 21 heavy (non-hydrogen) atoms. The van der Waals surface area contributed by atoms with E-state index in [0.717, 1.165) is 17.7 Å². The van der Waals surface area contributed by atoms with E-state index in [9.17, 15) is 8.42 Å². The predicted molar refractivity (Wildman–Crippen MR) is 82.7 cm³/mol. The van der Waals surface area contributed by atoms with Gasteiger partial charge in [-0.15, -0.1) is 0 Å². The smallest absolute Gasteiger partial charge is 0.242 e. The van der Waals surface area contributed by atoms with E-state index < -0.39 is 10.0 Å². The van der Waals surface area contributed by atoms with E-state index in [1.165, 1.54) is 18.2 Å². The van der Waals surface area contributed by atoms with Crippen molar-refractivity contribution < 1.29 is 8.42 Å². The molecule has 1 heterocycles. The summed E-state index contributed by atoms with van der Waals surface area (Å²) in [6.07, 6.45) is 3.17. The Labute approximate surface area is 128 Å². The third-order valence-corrected chi connectivity index (χ3v) is 5.04. The fourth-order valence-corrected chi connectivity index (χ4v) is 3.55. The maximum absolute atomic E-state index is 12.1. The number of nitrogens with one attached hydrogen (secondary N) is 2. The largest absolute Gasteiger partial charge is 0.399 e. The zero-order chi connectivity index (χ0) is 15.5. The fraction of sp³-hybridized carbons (Fsp3) is 0.308. The molecule has 6 nitrogen and oxygen atoms in total. The predicted octanol–water partition coefficient (Wildman–Crippen LogP) is 1.86. The van der Waals surface area contributed by atoms with E-state index in [1.54, 1.807) is 6.20 Å². The molecule has 0 aliphatic rings. The van der Waals surface area contributed by atoms with E-state index in [0.29, 0.717) is 18.7 Å². The van der Waals surface area contributed by atoms with Crippen molar-refractivity contribution in [2.45, 2.75) is 24.7 Å². The maximum atomic E-state index is 12.1. The van der Waals surface area contributed by atoms with Gasteiger partial charge in [0.2, 0.25) is 10.0 Å². The number of nitrogens with zero attached hydrogens (tertiary/aromatic N) is 1. The number of aromatic nitrogens is 2. The van der Waals surface area contributed by atoms with Crippen LogP contribution in [-0.2, 0) is 16.4 Å². The number of aromatic amines is 1. The first kappa shape index (κ1) is 15.8. The normalized spacial score (nSPS) is 11.7. The molecule has 0 saturated heterocycles. The van der Waals surface area contributed by atoms with Crippen LogP contribution < -0.4 is 10.5 Å². The van der Waals surface area contributed by atoms with Crippen molar-refractivity contribution in [2.24, 2.45) is 0 Å². The molecule has 0 aliphatic heterocycles. The van der Waals surface area contributed by atoms with Gasteiger partial charge in [-0.05, 0) is 43.5 Å². The van der Waals surface area contributed by atoms with Gasteiger partial charge < -0.3 is 5.73 Å². The number of hydrogen-bond donors (Lipinski definition) is 3. The quantitative estimate of drug-likeness (QED) is 0.556. The van der Waals surface area contributed by atoms with Crippen molar-refractivity contribution in [3.05, 3.63) is 40.7 Å². The van der Waals surface area contributed by atoms with Crippen LogP contribution in [0, 0.1) is 6.92 Å². The van der Waals surface area contributed by atoms with Crippen molar-refractivity contribution >= 4 is 27.3 Å². The van der Waals surface area contributed by atoms with Crippen molar-refractivity contribution in [3.63, 3.8) is 0 Å². The summed E-state index contributed by atoms with van der Waals surface area (Å²) >= 11 is 5.92. The molecule has 1 aromatic carbocycles. The van der Waals surface area contributed by atoms with E-state index in [4.69, 9.17) is 17.3 Å². The number of anilines is 1. The summed E-state index contributed by atoms with van der Waals surface area (Å²) in [5.74, 6) is 0. The molecule has 0 bridgehead atoms. The third-order valence-electron chi connectivity index (χ3n) is 3.09. The van der Waals surface area contributed by atoms with Gasteiger partial charge in [0, 0.05) is 17.9 Å². The van der Waals surface area contributed by atoms with Gasteiger partial charge >= 0.3 is 0 Å². The van der Waals surface area contributed by atoms with Gasteiger partial charge in [-0.3, -0.25) is 5.10 Å². The number of aryl methyl sites for hydroxylation is 2. The van der Waals surface area contributed by atoms with Gasteiger partial charge in [-0.2, -0.15) is 5.10 Å². The molecule has 0 amide bonds. The summed E-state index contributed by atoms with van der Waals surface area (Å²) in [4.78, 5) is 0.0397. The lowest BCUT2D eigenvalue weighted by molar-refractivity contribution is 0.579. The minimum absolute atomic E-state index is 0.0397. The van der Waals surface area contributed by atoms with Crippen LogP contribution in [0.2, 0.25) is 5.02 Å². The standard InChI is InChI=1S/C13H17ClN4O2S/c1-9-10(8-16-18-9)3-2-6-17-21(19,20)13-5-4-11(15)7-12(13)14/h4-5,7-8,17H,2-3,6,15H2,1H3,(H,16,18). The Balaban J connectivity index is 1.94. The average molecular weight is 329 g/mol. The van der Waals surface area contributed by atoms with Crippen LogP contribution in [-0.4, -0.2) is 25.2 Å². The number of nitrogen functional groups attached to an aromatic ring is 1. The van der Waals surface area contributed by atoms with Crippen LogP contribution in [0.1, 0.15) is 17.7 Å². The molecule has 2 rings (SSSR count). The molecule has 0 radical (unpaired) electrons. The minimum Gasteiger partial charge on any atom is -0.399 e. The molecule has 2 aromatic rings. The highest BCUT2D eigenvalue weighted by atomic mass is 35.5. The second-order valence-corrected chi connectivity index (χ2v) is 6.85. The fourth-order valence-electron chi connectivity index (χ4n) is 1.93. The molecular weight excluding hydrogens is 312 g/mol. The van der Waals surface area contributed by atoms with Crippen LogP contribution in [0.3, 0.4) is 0 Å². The summed E-state index contributed by atoms with van der Waals surface area (Å²) in [5.41, 5.74) is 8.06. The van der Waals surface area contributed by atoms with E-state index in [1.807, 2.05) is 6.92 Å². The second-order valence-electron chi connectivity index (χ2n) is 4.71. The first-order chi connectivity index (χ1) is 9.90. The Kier molecular flexibility index (Phi) is 4.87. The SMILES string of the molecule is Cc1[nH]ncc1CCCNS(=O)(=O)c1ccc(N)cc1Cl. The topological polar surface area (TPSA) is 101 Å². The highest BCUT2D eigenvalue weighted by molar-refractivity contribution is 7.89. The summed E-state index contributed by atoms with van der Waals surface area (Å²) in [7, 11) is -3.62. The lowest BCUT2D eigenvalue weighted by Crippen LogP contribution is -2.25. The number of halogens is 1. The molecule has 0 atom stereocenters. The van der Waals surface area contributed by atoms with E-state index in [2.05, 4.69) is 14.9 Å². The van der Waals surface area contributed by atoms with Crippen LogP contribution in [0.25, 0.3) is 0 Å². The van der Waals surface area contributed by atoms with Crippen LogP contribution >= 0.6 is 11.6 Å². The average Bonchev–Trinajstić information content (AvgIpc) is 2.80. The second kappa shape index (κ2) is 6.46. The highest BCUT2D eigenvalue weighted by Crippen LogP contribution is 2.23. The van der Waals surface area contributed by atoms with E-state index >= 15 is 0 Å². The molecule has 114 valence electrons. The summed E-state index contributed by atoms with van der Waals surface area (Å²) in [6.45, 7) is 2.26. The summed E-state index contributed by atoms with van der Waals surface area (Å²) in [6, 6.07) is 4.33. The van der Waals surface area contributed by atoms with Gasteiger partial charge in [0.15, 0.2) is 0 Å². The molecule has 8 heteroatoms. The van der Waals surface area contributed by atoms with Gasteiger partial charge in [0.05, 0.1) is 11.2 Å². The molecule has 1 aromatic heterocycles. The first-order valence-electron chi connectivity index (χ1n) is 6.43. The maximum Gasteiger partial charge on any atom is 0.242 e. The Morgan fingerprint density at radius 3 is 2.81 bits per heavy atom. The number of sulfonamides is 1. The van der Waals surface area contributed by atoms with Crippen molar-refractivity contribution in [3.8, 4) is 0 Å². The number of benzene rings is 1. The lowest BCUT2D eigenvalue weighted by atomic mass is 10.1. The molecular formula is C13H17ClN4O2S. The minimum atomic E-state index is -3.62. The van der Waals surface area contributed by atoms with Crippen molar-refractivity contribution in [2.75, 3.05) is 12.3 Å². The van der Waals surface area contributed by atoms with Gasteiger partial charge in [0.1, 0.15) is 4.90 Å². The van der Waals surface area contributed by atoms with Gasteiger partial charge in [0.25, 0.3) is 0 Å². The van der Waals surface area contributed by atoms with Gasteiger partial charge in [-0.1, -0.05) is 11.6 Å². The monoisotopic (exact) mass is 328 g/mol. The van der Waals surface area contributed by atoms with Crippen molar-refractivity contribution in [1.82, 2.24) is 14.9 Å². The van der Waals surface area contributed by atoms with Crippen molar-refractivity contribution in [1.29, 1.82) is 0 Å². The number of H-pyrrole nitrogens is 1. The zero-order valence-electron chi connectivity index (χ0n) is 11.6. The number of rotatable bonds is 6. The summed E-state index contributed by atoms with van der Waals surface area (Å²) < 4.78 is 26.8. The third kappa shape index (κ3) is 3.96. The highest BCUT2D eigenvalue weighted by Gasteiger charge is 2.17. The molecule has 4 N–H and O–H groups in total. The first-order valence-corrected chi connectivity index (χ1v) is 8.30. The van der Waals surface area contributed by atoms with Crippen LogP contribution in [0.5, 0.6) is 0 Å². The lowest BCUT2D eigenvalue weighted by Gasteiger charge is -2.08. The van der Waals surface area contributed by atoms with Crippen LogP contribution in [0.4, 0.5) is 5.69 Å². The van der Waals surface area contributed by atoms with E-state index in [-0.39, 0.29) is 9.92 Å². The Morgan fingerprint density at radius 2 is 2.19 bits per heavy atom. The molecule has 0 saturated carbocycles. The molecule has 0 spiro atoms. The number of nitrogens with two attached hydrogens (primary N) is 1. The van der Waals surface area contributed by atoms with Gasteiger partial charge in [-0.25, -0.2) is 13.1 Å². The Morgan fingerprint density at radius 1 is 1.43 bits per heavy atom. The van der Waals surface area contributed by atoms with Crippen LogP contribution in [0.15, 0.2) is 29.3 Å². The number of hydrogen-bond acceptors (Lipinski definition) is 4. The Bertz CT molecular complexity index is 728. The Hall–Kier alpha value is -1.57. The summed E-state index contributed by atoms with van der Waals surface area (Å²) in [5, 5.41) is 6.89. The molecule has 0 aliphatic carbocycles. The molecule has 0 fully saturated rings. The zero-order valence-corrected chi connectivity index (χ0v) is 13.1.